The van der Waals surface area contributed by atoms with Crippen LogP contribution in [0.4, 0.5) is 0 Å². The van der Waals surface area contributed by atoms with E-state index >= 15 is 0 Å². The van der Waals surface area contributed by atoms with Crippen LogP contribution in [0.15, 0.2) is 24.3 Å². The summed E-state index contributed by atoms with van der Waals surface area (Å²) in [5.74, 6) is 0.663. The molecule has 0 amide bonds. The smallest absolute Gasteiger partial charge is 0.0865 e. The second kappa shape index (κ2) is 7.06. The first-order valence-corrected chi connectivity index (χ1v) is 7.38. The molecule has 2 N–H and O–H groups in total. The zero-order chi connectivity index (χ0) is 14.5. The van der Waals surface area contributed by atoms with Gasteiger partial charge < -0.3 is 10.5 Å². The van der Waals surface area contributed by atoms with Gasteiger partial charge in [0.15, 0.2) is 0 Å². The van der Waals surface area contributed by atoms with Gasteiger partial charge in [0.05, 0.1) is 11.6 Å². The van der Waals surface area contributed by atoms with Crippen LogP contribution in [0.25, 0.3) is 0 Å². The van der Waals surface area contributed by atoms with E-state index in [2.05, 4.69) is 52.0 Å². The molecule has 0 aliphatic carbocycles. The van der Waals surface area contributed by atoms with Crippen molar-refractivity contribution in [1.82, 2.24) is 0 Å². The summed E-state index contributed by atoms with van der Waals surface area (Å²) in [4.78, 5) is 0. The van der Waals surface area contributed by atoms with Gasteiger partial charge in [-0.05, 0) is 36.3 Å². The standard InChI is InChI=1S/C17H29NO/c1-6-17(7-2,19-5)16(18)15-10-8-9-14(12-15)11-13(3)4/h8-10,12-13,16H,6-7,11,18H2,1-5H3. The second-order valence-electron chi connectivity index (χ2n) is 5.80. The maximum Gasteiger partial charge on any atom is 0.0865 e. The first kappa shape index (κ1) is 16.2. The quantitative estimate of drug-likeness (QED) is 0.804. The monoisotopic (exact) mass is 263 g/mol. The van der Waals surface area contributed by atoms with E-state index in [1.165, 1.54) is 11.1 Å². The third-order valence-corrected chi connectivity index (χ3v) is 4.12. The van der Waals surface area contributed by atoms with E-state index in [4.69, 9.17) is 10.5 Å². The van der Waals surface area contributed by atoms with E-state index in [-0.39, 0.29) is 11.6 Å². The Labute approximate surface area is 118 Å². The van der Waals surface area contributed by atoms with Crippen LogP contribution < -0.4 is 5.73 Å². The van der Waals surface area contributed by atoms with E-state index in [0.717, 1.165) is 19.3 Å². The maximum atomic E-state index is 6.48. The molecule has 2 nitrogen and oxygen atoms in total. The Bertz CT molecular complexity index is 374. The molecule has 1 aromatic rings. The van der Waals surface area contributed by atoms with E-state index in [1.54, 1.807) is 7.11 Å². The van der Waals surface area contributed by atoms with Crippen LogP contribution >= 0.6 is 0 Å². The van der Waals surface area contributed by atoms with Gasteiger partial charge in [-0.1, -0.05) is 52.0 Å². The molecule has 0 spiro atoms. The molecule has 0 heterocycles. The molecule has 19 heavy (non-hydrogen) atoms. The number of hydrogen-bond donors (Lipinski definition) is 1. The topological polar surface area (TPSA) is 35.2 Å². The summed E-state index contributed by atoms with van der Waals surface area (Å²) in [5.41, 5.74) is 8.77. The highest BCUT2D eigenvalue weighted by molar-refractivity contribution is 5.28. The Morgan fingerprint density at radius 1 is 1.21 bits per heavy atom. The summed E-state index contributed by atoms with van der Waals surface area (Å²) < 4.78 is 5.75. The van der Waals surface area contributed by atoms with Crippen molar-refractivity contribution in [3.05, 3.63) is 35.4 Å². The van der Waals surface area contributed by atoms with E-state index in [9.17, 15) is 0 Å². The normalized spacial score (nSPS) is 13.8. The van der Waals surface area contributed by atoms with Crippen molar-refractivity contribution in [2.45, 2.75) is 58.6 Å². The van der Waals surface area contributed by atoms with Crippen molar-refractivity contribution in [3.8, 4) is 0 Å². The fraction of sp³-hybridized carbons (Fsp3) is 0.647. The number of methoxy groups -OCH3 is 1. The van der Waals surface area contributed by atoms with Crippen molar-refractivity contribution >= 4 is 0 Å². The van der Waals surface area contributed by atoms with Gasteiger partial charge in [-0.15, -0.1) is 0 Å². The molecule has 0 saturated carbocycles. The van der Waals surface area contributed by atoms with Crippen molar-refractivity contribution in [2.24, 2.45) is 11.7 Å². The Hall–Kier alpha value is -0.860. The lowest BCUT2D eigenvalue weighted by molar-refractivity contribution is -0.0385. The molecule has 0 saturated heterocycles. The fourth-order valence-electron chi connectivity index (χ4n) is 2.79. The van der Waals surface area contributed by atoms with Crippen molar-refractivity contribution < 1.29 is 4.74 Å². The molecular weight excluding hydrogens is 234 g/mol. The molecule has 0 aliphatic heterocycles. The average Bonchev–Trinajstić information content (AvgIpc) is 2.40. The van der Waals surface area contributed by atoms with Crippen molar-refractivity contribution in [3.63, 3.8) is 0 Å². The van der Waals surface area contributed by atoms with E-state index in [1.807, 2.05) is 0 Å². The Kier molecular flexibility index (Phi) is 6.02. The number of nitrogens with two attached hydrogens (primary N) is 1. The average molecular weight is 263 g/mol. The number of hydrogen-bond acceptors (Lipinski definition) is 2. The highest BCUT2D eigenvalue weighted by Gasteiger charge is 2.34. The minimum Gasteiger partial charge on any atom is -0.376 e. The van der Waals surface area contributed by atoms with Crippen molar-refractivity contribution in [2.75, 3.05) is 7.11 Å². The molecule has 1 unspecified atom stereocenters. The highest BCUT2D eigenvalue weighted by atomic mass is 16.5. The molecular formula is C17H29NO. The molecule has 1 rings (SSSR count). The minimum atomic E-state index is -0.254. The molecule has 1 atom stereocenters. The number of ether oxygens (including phenoxy) is 1. The van der Waals surface area contributed by atoms with Crippen LogP contribution in [-0.2, 0) is 11.2 Å². The molecule has 0 aromatic heterocycles. The van der Waals surface area contributed by atoms with Crippen molar-refractivity contribution in [1.29, 1.82) is 0 Å². The van der Waals surface area contributed by atoms with Gasteiger partial charge >= 0.3 is 0 Å². The van der Waals surface area contributed by atoms with Gasteiger partial charge in [-0.25, -0.2) is 0 Å². The van der Waals surface area contributed by atoms with Gasteiger partial charge in [0.25, 0.3) is 0 Å². The molecule has 2 heteroatoms. The van der Waals surface area contributed by atoms with E-state index < -0.39 is 0 Å². The third kappa shape index (κ3) is 3.80. The van der Waals surface area contributed by atoms with E-state index in [0.29, 0.717) is 5.92 Å². The summed E-state index contributed by atoms with van der Waals surface area (Å²) >= 11 is 0. The SMILES string of the molecule is CCC(CC)(OC)C(N)c1cccc(CC(C)C)c1. The van der Waals surface area contributed by atoms with Crippen LogP contribution in [0.3, 0.4) is 0 Å². The first-order chi connectivity index (χ1) is 8.99. The van der Waals surface area contributed by atoms with Gasteiger partial charge in [0.1, 0.15) is 0 Å². The number of benzene rings is 1. The third-order valence-electron chi connectivity index (χ3n) is 4.12. The zero-order valence-electron chi connectivity index (χ0n) is 13.1. The predicted octanol–water partition coefficient (Wildman–Crippen LogP) is 4.09. The molecule has 0 fully saturated rings. The molecule has 0 aliphatic rings. The summed E-state index contributed by atoms with van der Waals surface area (Å²) in [7, 11) is 1.77. The first-order valence-electron chi connectivity index (χ1n) is 7.38. The summed E-state index contributed by atoms with van der Waals surface area (Å²) in [5, 5.41) is 0. The predicted molar refractivity (Wildman–Crippen MR) is 82.2 cm³/mol. The fourth-order valence-corrected chi connectivity index (χ4v) is 2.79. The highest BCUT2D eigenvalue weighted by Crippen LogP contribution is 2.33. The lowest BCUT2D eigenvalue weighted by Crippen LogP contribution is -2.42. The van der Waals surface area contributed by atoms with Crippen LogP contribution in [0.2, 0.25) is 0 Å². The maximum absolute atomic E-state index is 6.48. The Morgan fingerprint density at radius 3 is 2.32 bits per heavy atom. The summed E-state index contributed by atoms with van der Waals surface area (Å²) in [6.07, 6.45) is 2.95. The Balaban J connectivity index is 3.01. The van der Waals surface area contributed by atoms with Gasteiger partial charge in [0, 0.05) is 7.11 Å². The second-order valence-corrected chi connectivity index (χ2v) is 5.80. The van der Waals surface area contributed by atoms with Gasteiger partial charge in [-0.3, -0.25) is 0 Å². The lowest BCUT2D eigenvalue weighted by atomic mass is 9.83. The van der Waals surface area contributed by atoms with Crippen LogP contribution in [0.5, 0.6) is 0 Å². The van der Waals surface area contributed by atoms with Crippen LogP contribution in [0, 0.1) is 5.92 Å². The summed E-state index contributed by atoms with van der Waals surface area (Å²) in [6.45, 7) is 8.77. The Morgan fingerprint density at radius 2 is 1.84 bits per heavy atom. The lowest BCUT2D eigenvalue weighted by Gasteiger charge is -2.36. The molecule has 108 valence electrons. The molecule has 1 aromatic carbocycles. The minimum absolute atomic E-state index is 0.0698. The molecule has 0 radical (unpaired) electrons. The largest absolute Gasteiger partial charge is 0.376 e. The summed E-state index contributed by atoms with van der Waals surface area (Å²) in [6, 6.07) is 8.58. The van der Waals surface area contributed by atoms with Gasteiger partial charge in [0.2, 0.25) is 0 Å². The number of rotatable bonds is 7. The van der Waals surface area contributed by atoms with Gasteiger partial charge in [-0.2, -0.15) is 0 Å². The zero-order valence-corrected chi connectivity index (χ0v) is 13.1. The molecule has 0 bridgehead atoms. The van der Waals surface area contributed by atoms with Crippen LogP contribution in [-0.4, -0.2) is 12.7 Å². The van der Waals surface area contributed by atoms with Crippen LogP contribution in [0.1, 0.15) is 57.7 Å².